The summed E-state index contributed by atoms with van der Waals surface area (Å²) >= 11 is 0. The summed E-state index contributed by atoms with van der Waals surface area (Å²) in [5.41, 5.74) is 3.40. The highest BCUT2D eigenvalue weighted by Gasteiger charge is 2.24. The molecule has 0 bridgehead atoms. The summed E-state index contributed by atoms with van der Waals surface area (Å²) in [5.74, 6) is 0.724. The first-order valence-electron chi connectivity index (χ1n) is 10.7. The van der Waals surface area contributed by atoms with Crippen molar-refractivity contribution in [2.24, 2.45) is 0 Å². The second kappa shape index (κ2) is 9.22. The molecule has 4 rings (SSSR count). The van der Waals surface area contributed by atoms with Crippen molar-refractivity contribution in [2.45, 2.75) is 30.8 Å². The third-order valence-corrected chi connectivity index (χ3v) is 7.00. The van der Waals surface area contributed by atoms with Crippen LogP contribution in [0.2, 0.25) is 0 Å². The zero-order valence-corrected chi connectivity index (χ0v) is 19.4. The second-order valence-electron chi connectivity index (χ2n) is 8.26. The van der Waals surface area contributed by atoms with Gasteiger partial charge in [-0.05, 0) is 55.3 Å². The third kappa shape index (κ3) is 4.89. The van der Waals surface area contributed by atoms with Gasteiger partial charge >= 0.3 is 0 Å². The Bertz CT molecular complexity index is 1150. The monoisotopic (exact) mass is 451 g/mol. The molecule has 0 spiro atoms. The molecule has 168 valence electrons. The molecular weight excluding hydrogens is 422 g/mol. The molecule has 2 N–H and O–H groups in total. The van der Waals surface area contributed by atoms with E-state index in [1.54, 1.807) is 25.3 Å². The molecule has 1 aliphatic heterocycles. The normalized spacial score (nSPS) is 18.9. The lowest BCUT2D eigenvalue weighted by molar-refractivity contribution is 0.391. The summed E-state index contributed by atoms with van der Waals surface area (Å²) in [6.45, 7) is 5.91. The number of rotatable bonds is 6. The van der Waals surface area contributed by atoms with Gasteiger partial charge < -0.3 is 15.0 Å². The lowest BCUT2D eigenvalue weighted by atomic mass is 10.1. The van der Waals surface area contributed by atoms with E-state index in [-0.39, 0.29) is 4.90 Å². The first kappa shape index (κ1) is 22.2. The number of anilines is 2. The summed E-state index contributed by atoms with van der Waals surface area (Å²) in [5, 5.41) is 3.51. The van der Waals surface area contributed by atoms with Gasteiger partial charge in [-0.25, -0.2) is 8.42 Å². The first-order valence-corrected chi connectivity index (χ1v) is 12.2. The van der Waals surface area contributed by atoms with Gasteiger partial charge in [-0.15, -0.1) is 0 Å². The molecule has 3 aromatic carbocycles. The van der Waals surface area contributed by atoms with Crippen molar-refractivity contribution >= 4 is 21.4 Å². The van der Waals surface area contributed by atoms with Gasteiger partial charge in [0.2, 0.25) is 0 Å². The molecule has 2 unspecified atom stereocenters. The van der Waals surface area contributed by atoms with Crippen LogP contribution in [0, 0.1) is 0 Å². The minimum absolute atomic E-state index is 0.221. The summed E-state index contributed by atoms with van der Waals surface area (Å²) < 4.78 is 34.3. The number of nitrogens with one attached hydrogen (secondary N) is 2. The Morgan fingerprint density at radius 1 is 0.906 bits per heavy atom. The van der Waals surface area contributed by atoms with Crippen molar-refractivity contribution in [1.82, 2.24) is 5.32 Å². The molecule has 7 heteroatoms. The van der Waals surface area contributed by atoms with Crippen LogP contribution in [0.15, 0.2) is 77.7 Å². The van der Waals surface area contributed by atoms with Gasteiger partial charge in [0.1, 0.15) is 5.75 Å². The first-order chi connectivity index (χ1) is 15.4. The van der Waals surface area contributed by atoms with E-state index in [1.807, 2.05) is 54.6 Å². The van der Waals surface area contributed by atoms with E-state index in [4.69, 9.17) is 4.74 Å². The fraction of sp³-hybridized carbons (Fsp3) is 0.280. The summed E-state index contributed by atoms with van der Waals surface area (Å²) in [6, 6.07) is 22.8. The van der Waals surface area contributed by atoms with E-state index in [1.165, 1.54) is 0 Å². The molecule has 2 atom stereocenters. The van der Waals surface area contributed by atoms with Crippen molar-refractivity contribution in [3.05, 3.63) is 72.8 Å². The van der Waals surface area contributed by atoms with Crippen LogP contribution in [-0.2, 0) is 10.0 Å². The molecular formula is C25H29N3O3S. The molecule has 0 radical (unpaired) electrons. The van der Waals surface area contributed by atoms with E-state index < -0.39 is 10.0 Å². The Labute approximate surface area is 190 Å². The van der Waals surface area contributed by atoms with Crippen molar-refractivity contribution in [2.75, 3.05) is 29.8 Å². The van der Waals surface area contributed by atoms with Crippen molar-refractivity contribution in [1.29, 1.82) is 0 Å². The van der Waals surface area contributed by atoms with Crippen LogP contribution in [0.25, 0.3) is 11.1 Å². The van der Waals surface area contributed by atoms with E-state index in [2.05, 4.69) is 28.8 Å². The molecule has 6 nitrogen and oxygen atoms in total. The van der Waals surface area contributed by atoms with E-state index >= 15 is 0 Å². The largest absolute Gasteiger partial charge is 0.495 e. The molecule has 0 amide bonds. The van der Waals surface area contributed by atoms with Gasteiger partial charge in [-0.1, -0.05) is 42.5 Å². The van der Waals surface area contributed by atoms with Gasteiger partial charge in [0.05, 0.1) is 23.4 Å². The SMILES string of the molecule is COc1ccc(NS(=O)(=O)c2ccc(-c3ccccc3)cc2)cc1N1CC(C)NC(C)C1. The molecule has 1 fully saturated rings. The molecule has 32 heavy (non-hydrogen) atoms. The van der Waals surface area contributed by atoms with Crippen LogP contribution < -0.4 is 19.7 Å². The maximum Gasteiger partial charge on any atom is 0.261 e. The Kier molecular flexibility index (Phi) is 6.39. The Balaban J connectivity index is 1.58. The molecule has 1 aliphatic rings. The van der Waals surface area contributed by atoms with Crippen LogP contribution in [0.1, 0.15) is 13.8 Å². The van der Waals surface area contributed by atoms with Crippen molar-refractivity contribution in [3.8, 4) is 16.9 Å². The minimum Gasteiger partial charge on any atom is -0.495 e. The number of benzene rings is 3. The predicted octanol–water partition coefficient (Wildman–Crippen LogP) is 4.35. The van der Waals surface area contributed by atoms with Crippen LogP contribution in [0.3, 0.4) is 0 Å². The third-order valence-electron chi connectivity index (χ3n) is 5.60. The van der Waals surface area contributed by atoms with E-state index in [0.717, 1.165) is 35.7 Å². The van der Waals surface area contributed by atoms with Crippen LogP contribution >= 0.6 is 0 Å². The molecule has 1 heterocycles. The maximum atomic E-state index is 13.0. The number of sulfonamides is 1. The highest BCUT2D eigenvalue weighted by Crippen LogP contribution is 2.33. The summed E-state index contributed by atoms with van der Waals surface area (Å²) in [6.07, 6.45) is 0. The van der Waals surface area contributed by atoms with Crippen molar-refractivity contribution < 1.29 is 13.2 Å². The van der Waals surface area contributed by atoms with Gasteiger partial charge in [0, 0.05) is 25.2 Å². The van der Waals surface area contributed by atoms with Crippen molar-refractivity contribution in [3.63, 3.8) is 0 Å². The highest BCUT2D eigenvalue weighted by atomic mass is 32.2. The van der Waals surface area contributed by atoms with Gasteiger partial charge in [-0.3, -0.25) is 4.72 Å². The quantitative estimate of drug-likeness (QED) is 0.583. The molecule has 0 aromatic heterocycles. The predicted molar refractivity (Wildman–Crippen MR) is 130 cm³/mol. The number of piperazine rings is 1. The van der Waals surface area contributed by atoms with Gasteiger partial charge in [-0.2, -0.15) is 0 Å². The van der Waals surface area contributed by atoms with Crippen LogP contribution in [0.4, 0.5) is 11.4 Å². The van der Waals surface area contributed by atoms with E-state index in [0.29, 0.717) is 17.8 Å². The Morgan fingerprint density at radius 2 is 1.53 bits per heavy atom. The average molecular weight is 452 g/mol. The molecule has 3 aromatic rings. The number of methoxy groups -OCH3 is 1. The number of ether oxygens (including phenoxy) is 1. The number of hydrogen-bond acceptors (Lipinski definition) is 5. The Morgan fingerprint density at radius 3 is 2.16 bits per heavy atom. The zero-order chi connectivity index (χ0) is 22.7. The smallest absolute Gasteiger partial charge is 0.261 e. The minimum atomic E-state index is -3.72. The highest BCUT2D eigenvalue weighted by molar-refractivity contribution is 7.92. The summed E-state index contributed by atoms with van der Waals surface area (Å²) in [7, 11) is -2.09. The number of hydrogen-bond donors (Lipinski definition) is 2. The van der Waals surface area contributed by atoms with Crippen LogP contribution in [-0.4, -0.2) is 40.7 Å². The van der Waals surface area contributed by atoms with Crippen LogP contribution in [0.5, 0.6) is 5.75 Å². The molecule has 0 saturated carbocycles. The second-order valence-corrected chi connectivity index (χ2v) is 9.94. The Hall–Kier alpha value is -3.03. The molecule has 0 aliphatic carbocycles. The zero-order valence-electron chi connectivity index (χ0n) is 18.6. The lowest BCUT2D eigenvalue weighted by Crippen LogP contribution is -2.54. The maximum absolute atomic E-state index is 13.0. The number of nitrogens with zero attached hydrogens (tertiary/aromatic N) is 1. The average Bonchev–Trinajstić information content (AvgIpc) is 2.79. The van der Waals surface area contributed by atoms with Gasteiger partial charge in [0.15, 0.2) is 0 Å². The standard InChI is InChI=1S/C25H29N3O3S/c1-18-16-28(17-19(2)26-18)24-15-22(11-14-25(24)31-3)27-32(29,30)23-12-9-21(10-13-23)20-7-5-4-6-8-20/h4-15,18-19,26-27H,16-17H2,1-3H3. The molecule has 1 saturated heterocycles. The van der Waals surface area contributed by atoms with Gasteiger partial charge in [0.25, 0.3) is 10.0 Å². The fourth-order valence-corrected chi connectivity index (χ4v) is 5.24. The summed E-state index contributed by atoms with van der Waals surface area (Å²) in [4.78, 5) is 2.45. The van der Waals surface area contributed by atoms with E-state index in [9.17, 15) is 8.42 Å². The fourth-order valence-electron chi connectivity index (χ4n) is 4.20. The topological polar surface area (TPSA) is 70.7 Å². The lowest BCUT2D eigenvalue weighted by Gasteiger charge is -2.38.